The molecule has 0 fully saturated rings. The van der Waals surface area contributed by atoms with Crippen molar-refractivity contribution in [3.8, 4) is 17.0 Å². The van der Waals surface area contributed by atoms with Gasteiger partial charge in [-0.3, -0.25) is 4.98 Å². The van der Waals surface area contributed by atoms with Crippen LogP contribution >= 0.6 is 11.6 Å². The van der Waals surface area contributed by atoms with Crippen LogP contribution in [-0.4, -0.2) is 21.6 Å². The molecule has 0 atom stereocenters. The van der Waals surface area contributed by atoms with E-state index >= 15 is 0 Å². The molecule has 0 spiro atoms. The number of halogens is 1. The van der Waals surface area contributed by atoms with E-state index in [4.69, 9.17) is 16.3 Å². The summed E-state index contributed by atoms with van der Waals surface area (Å²) in [6.07, 6.45) is 5.79. The fraction of sp³-hybridized carbons (Fsp3) is 0.250. The first-order valence-corrected chi connectivity index (χ1v) is 5.73. The van der Waals surface area contributed by atoms with Gasteiger partial charge in [0, 0.05) is 17.8 Å². The molecule has 0 saturated carbocycles. The Labute approximate surface area is 105 Å². The quantitative estimate of drug-likeness (QED) is 0.782. The molecule has 2 rings (SSSR count). The second kappa shape index (κ2) is 5.59. The van der Waals surface area contributed by atoms with Crippen molar-refractivity contribution in [3.05, 3.63) is 36.0 Å². The highest BCUT2D eigenvalue weighted by Crippen LogP contribution is 2.22. The zero-order valence-corrected chi connectivity index (χ0v) is 10.2. The van der Waals surface area contributed by atoms with Crippen LogP contribution in [0.3, 0.4) is 0 Å². The molecule has 0 aliphatic rings. The first-order valence-electron chi connectivity index (χ1n) is 5.35. The molecule has 0 saturated heterocycles. The molecule has 0 aromatic carbocycles. The van der Waals surface area contributed by atoms with Crippen LogP contribution in [0.5, 0.6) is 5.75 Å². The average molecular weight is 250 g/mol. The molecule has 2 aromatic heterocycles. The second-order valence-electron chi connectivity index (χ2n) is 3.48. The Morgan fingerprint density at radius 1 is 1.24 bits per heavy atom. The van der Waals surface area contributed by atoms with Crippen molar-refractivity contribution < 1.29 is 4.74 Å². The first-order chi connectivity index (χ1) is 8.29. The van der Waals surface area contributed by atoms with E-state index in [-0.39, 0.29) is 0 Å². The Bertz CT molecular complexity index is 505. The minimum atomic E-state index is 0.412. The highest BCUT2D eigenvalue weighted by molar-refractivity contribution is 6.29. The Balaban J connectivity index is 2.26. The summed E-state index contributed by atoms with van der Waals surface area (Å²) in [7, 11) is 0. The lowest BCUT2D eigenvalue weighted by Crippen LogP contribution is -1.96. The fourth-order valence-corrected chi connectivity index (χ4v) is 1.50. The third kappa shape index (κ3) is 3.14. The van der Waals surface area contributed by atoms with Crippen molar-refractivity contribution in [2.24, 2.45) is 0 Å². The normalized spacial score (nSPS) is 10.2. The molecule has 88 valence electrons. The summed E-state index contributed by atoms with van der Waals surface area (Å²) in [6, 6.07) is 3.59. The standard InChI is InChI=1S/C12H12ClN3O/c1-2-3-17-10-4-9(6-14-7-10)11-5-12(13)16-8-15-11/h4-8H,2-3H2,1H3. The van der Waals surface area contributed by atoms with Crippen LogP contribution in [0.2, 0.25) is 5.15 Å². The maximum absolute atomic E-state index is 5.82. The van der Waals surface area contributed by atoms with Gasteiger partial charge in [0.1, 0.15) is 17.2 Å². The Hall–Kier alpha value is -1.68. The Kier molecular flexibility index (Phi) is 3.88. The summed E-state index contributed by atoms with van der Waals surface area (Å²) in [5.41, 5.74) is 1.60. The van der Waals surface area contributed by atoms with Gasteiger partial charge in [0.25, 0.3) is 0 Å². The molecule has 0 amide bonds. The van der Waals surface area contributed by atoms with Gasteiger partial charge < -0.3 is 4.74 Å². The van der Waals surface area contributed by atoms with Gasteiger partial charge in [-0.05, 0) is 12.5 Å². The zero-order chi connectivity index (χ0) is 12.1. The maximum Gasteiger partial charge on any atom is 0.138 e. The largest absolute Gasteiger partial charge is 0.492 e. The molecule has 0 N–H and O–H groups in total. The predicted octanol–water partition coefficient (Wildman–Crippen LogP) is 2.98. The molecule has 0 bridgehead atoms. The first kappa shape index (κ1) is 11.8. The van der Waals surface area contributed by atoms with Crippen molar-refractivity contribution in [1.82, 2.24) is 15.0 Å². The minimum Gasteiger partial charge on any atom is -0.492 e. The van der Waals surface area contributed by atoms with Crippen LogP contribution in [0.25, 0.3) is 11.3 Å². The van der Waals surface area contributed by atoms with Gasteiger partial charge >= 0.3 is 0 Å². The Morgan fingerprint density at radius 2 is 2.12 bits per heavy atom. The van der Waals surface area contributed by atoms with Gasteiger partial charge in [0.05, 0.1) is 18.5 Å². The van der Waals surface area contributed by atoms with Crippen LogP contribution in [0, 0.1) is 0 Å². The topological polar surface area (TPSA) is 47.9 Å². The van der Waals surface area contributed by atoms with Gasteiger partial charge in [-0.25, -0.2) is 9.97 Å². The monoisotopic (exact) mass is 249 g/mol. The van der Waals surface area contributed by atoms with Crippen molar-refractivity contribution in [3.63, 3.8) is 0 Å². The van der Waals surface area contributed by atoms with Crippen LogP contribution in [0.4, 0.5) is 0 Å². The summed E-state index contributed by atoms with van der Waals surface area (Å²) in [5, 5.41) is 0.412. The fourth-order valence-electron chi connectivity index (χ4n) is 1.35. The molecule has 2 heterocycles. The van der Waals surface area contributed by atoms with Gasteiger partial charge in [0.15, 0.2) is 0 Å². The lowest BCUT2D eigenvalue weighted by atomic mass is 10.2. The molecule has 5 heteroatoms. The van der Waals surface area contributed by atoms with Gasteiger partial charge in [-0.2, -0.15) is 0 Å². The predicted molar refractivity (Wildman–Crippen MR) is 66.1 cm³/mol. The smallest absolute Gasteiger partial charge is 0.138 e. The van der Waals surface area contributed by atoms with E-state index in [1.165, 1.54) is 6.33 Å². The third-order valence-corrected chi connectivity index (χ3v) is 2.32. The Morgan fingerprint density at radius 3 is 2.88 bits per heavy atom. The maximum atomic E-state index is 5.82. The van der Waals surface area contributed by atoms with Gasteiger partial charge in [-0.1, -0.05) is 18.5 Å². The highest BCUT2D eigenvalue weighted by Gasteiger charge is 2.03. The number of pyridine rings is 1. The summed E-state index contributed by atoms with van der Waals surface area (Å²) in [4.78, 5) is 12.1. The molecule has 2 aromatic rings. The molecule has 4 nitrogen and oxygen atoms in total. The second-order valence-corrected chi connectivity index (χ2v) is 3.87. The molecule has 0 radical (unpaired) electrons. The average Bonchev–Trinajstić information content (AvgIpc) is 2.37. The molecule has 0 aliphatic heterocycles. The molecular weight excluding hydrogens is 238 g/mol. The van der Waals surface area contributed by atoms with E-state index in [0.29, 0.717) is 11.8 Å². The van der Waals surface area contributed by atoms with E-state index in [2.05, 4.69) is 21.9 Å². The molecule has 0 unspecified atom stereocenters. The van der Waals surface area contributed by atoms with E-state index in [0.717, 1.165) is 23.4 Å². The van der Waals surface area contributed by atoms with Gasteiger partial charge in [-0.15, -0.1) is 0 Å². The minimum absolute atomic E-state index is 0.412. The van der Waals surface area contributed by atoms with E-state index < -0.39 is 0 Å². The van der Waals surface area contributed by atoms with E-state index in [9.17, 15) is 0 Å². The number of rotatable bonds is 4. The number of aromatic nitrogens is 3. The van der Waals surface area contributed by atoms with E-state index in [1.807, 2.05) is 6.07 Å². The lowest BCUT2D eigenvalue weighted by Gasteiger charge is -2.05. The lowest BCUT2D eigenvalue weighted by molar-refractivity contribution is 0.316. The number of hydrogen-bond donors (Lipinski definition) is 0. The van der Waals surface area contributed by atoms with Crippen molar-refractivity contribution >= 4 is 11.6 Å². The van der Waals surface area contributed by atoms with Crippen LogP contribution < -0.4 is 4.74 Å². The molecule has 17 heavy (non-hydrogen) atoms. The zero-order valence-electron chi connectivity index (χ0n) is 9.43. The molecule has 0 aliphatic carbocycles. The van der Waals surface area contributed by atoms with Crippen LogP contribution in [0.1, 0.15) is 13.3 Å². The van der Waals surface area contributed by atoms with Gasteiger partial charge in [0.2, 0.25) is 0 Å². The summed E-state index contributed by atoms with van der Waals surface area (Å²) in [6.45, 7) is 2.73. The highest BCUT2D eigenvalue weighted by atomic mass is 35.5. The van der Waals surface area contributed by atoms with Crippen LogP contribution in [-0.2, 0) is 0 Å². The number of hydrogen-bond acceptors (Lipinski definition) is 4. The van der Waals surface area contributed by atoms with Crippen LogP contribution in [0.15, 0.2) is 30.9 Å². The summed E-state index contributed by atoms with van der Waals surface area (Å²) >= 11 is 5.82. The van der Waals surface area contributed by atoms with Crippen molar-refractivity contribution in [1.29, 1.82) is 0 Å². The SMILES string of the molecule is CCCOc1cncc(-c2cc(Cl)ncn2)c1. The number of nitrogens with zero attached hydrogens (tertiary/aromatic N) is 3. The molecular formula is C12H12ClN3O. The summed E-state index contributed by atoms with van der Waals surface area (Å²) in [5.74, 6) is 0.735. The third-order valence-electron chi connectivity index (χ3n) is 2.12. The number of ether oxygens (including phenoxy) is 1. The van der Waals surface area contributed by atoms with Crippen molar-refractivity contribution in [2.45, 2.75) is 13.3 Å². The van der Waals surface area contributed by atoms with Crippen molar-refractivity contribution in [2.75, 3.05) is 6.61 Å². The van der Waals surface area contributed by atoms with E-state index in [1.54, 1.807) is 18.5 Å². The summed E-state index contributed by atoms with van der Waals surface area (Å²) < 4.78 is 5.51.